The molecule has 76 valence electrons. The molecule has 0 bridgehead atoms. The van der Waals surface area contributed by atoms with Crippen molar-refractivity contribution in [3.05, 3.63) is 35.9 Å². The second kappa shape index (κ2) is 5.40. The molecule has 0 radical (unpaired) electrons. The van der Waals surface area contributed by atoms with Crippen molar-refractivity contribution in [2.75, 3.05) is 0 Å². The smallest absolute Gasteiger partial charge is 0.234 e. The molecule has 0 aliphatic carbocycles. The molecular formula is C11H16N2O. The number of nitrogens with two attached hydrogens (primary N) is 2. The molecule has 4 N–H and O–H groups in total. The number of rotatable bonds is 5. The average Bonchev–Trinajstić information content (AvgIpc) is 2.19. The van der Waals surface area contributed by atoms with Crippen LogP contribution in [0.4, 0.5) is 0 Å². The molecule has 0 fully saturated rings. The van der Waals surface area contributed by atoms with Crippen molar-refractivity contribution in [2.24, 2.45) is 11.5 Å². The van der Waals surface area contributed by atoms with Gasteiger partial charge in [-0.1, -0.05) is 30.3 Å². The van der Waals surface area contributed by atoms with Crippen molar-refractivity contribution in [1.82, 2.24) is 0 Å². The van der Waals surface area contributed by atoms with Crippen LogP contribution in [0.15, 0.2) is 30.3 Å². The number of aryl methyl sites for hydroxylation is 1. The Morgan fingerprint density at radius 1 is 1.29 bits per heavy atom. The van der Waals surface area contributed by atoms with E-state index in [1.165, 1.54) is 5.56 Å². The molecule has 1 atom stereocenters. The summed E-state index contributed by atoms with van der Waals surface area (Å²) >= 11 is 0. The summed E-state index contributed by atoms with van der Waals surface area (Å²) in [5.74, 6) is -0.418. The monoisotopic (exact) mass is 192 g/mol. The topological polar surface area (TPSA) is 69.1 Å². The maximum Gasteiger partial charge on any atom is 0.234 e. The average molecular weight is 192 g/mol. The largest absolute Gasteiger partial charge is 0.368 e. The lowest BCUT2D eigenvalue weighted by Gasteiger charge is -2.06. The minimum absolute atomic E-state index is 0.418. The molecule has 0 aliphatic heterocycles. The molecule has 0 aromatic heterocycles. The molecule has 1 amide bonds. The van der Waals surface area contributed by atoms with Crippen LogP contribution in [0.2, 0.25) is 0 Å². The number of carbonyl (C=O) groups is 1. The van der Waals surface area contributed by atoms with Crippen molar-refractivity contribution < 1.29 is 4.79 Å². The quantitative estimate of drug-likeness (QED) is 0.725. The minimum atomic E-state index is -0.501. The Balaban J connectivity index is 2.26. The van der Waals surface area contributed by atoms with Crippen LogP contribution in [-0.2, 0) is 11.2 Å². The fourth-order valence-electron chi connectivity index (χ4n) is 1.31. The fourth-order valence-corrected chi connectivity index (χ4v) is 1.31. The van der Waals surface area contributed by atoms with Crippen molar-refractivity contribution >= 4 is 5.91 Å². The molecule has 0 saturated carbocycles. The normalized spacial score (nSPS) is 12.4. The van der Waals surface area contributed by atoms with Gasteiger partial charge in [-0.3, -0.25) is 4.79 Å². The van der Waals surface area contributed by atoms with Crippen LogP contribution in [0, 0.1) is 0 Å². The van der Waals surface area contributed by atoms with E-state index in [9.17, 15) is 4.79 Å². The first-order chi connectivity index (χ1) is 6.70. The van der Waals surface area contributed by atoms with Gasteiger partial charge in [-0.15, -0.1) is 0 Å². The van der Waals surface area contributed by atoms with E-state index in [-0.39, 0.29) is 0 Å². The van der Waals surface area contributed by atoms with Crippen LogP contribution in [0.3, 0.4) is 0 Å². The maximum atomic E-state index is 10.6. The van der Waals surface area contributed by atoms with E-state index in [1.54, 1.807) is 0 Å². The molecule has 0 saturated heterocycles. The van der Waals surface area contributed by atoms with Crippen molar-refractivity contribution in [3.8, 4) is 0 Å². The molecule has 1 aromatic carbocycles. The highest BCUT2D eigenvalue weighted by atomic mass is 16.1. The van der Waals surface area contributed by atoms with Crippen LogP contribution in [0.5, 0.6) is 0 Å². The Morgan fingerprint density at radius 3 is 2.50 bits per heavy atom. The predicted octanol–water partition coefficient (Wildman–Crippen LogP) is 0.822. The highest BCUT2D eigenvalue weighted by molar-refractivity contribution is 5.79. The minimum Gasteiger partial charge on any atom is -0.368 e. The molecular weight excluding hydrogens is 176 g/mol. The summed E-state index contributed by atoms with van der Waals surface area (Å²) in [5.41, 5.74) is 11.8. The zero-order chi connectivity index (χ0) is 10.4. The van der Waals surface area contributed by atoms with Crippen molar-refractivity contribution in [2.45, 2.75) is 25.3 Å². The first kappa shape index (κ1) is 10.7. The number of benzene rings is 1. The fraction of sp³-hybridized carbons (Fsp3) is 0.364. The predicted molar refractivity (Wildman–Crippen MR) is 56.5 cm³/mol. The zero-order valence-corrected chi connectivity index (χ0v) is 8.15. The lowest BCUT2D eigenvalue weighted by atomic mass is 10.1. The van der Waals surface area contributed by atoms with E-state index in [0.29, 0.717) is 6.42 Å². The van der Waals surface area contributed by atoms with Gasteiger partial charge in [0.05, 0.1) is 6.04 Å². The van der Waals surface area contributed by atoms with E-state index < -0.39 is 11.9 Å². The number of amides is 1. The number of carbonyl (C=O) groups excluding carboxylic acids is 1. The van der Waals surface area contributed by atoms with Crippen LogP contribution in [-0.4, -0.2) is 11.9 Å². The molecule has 0 unspecified atom stereocenters. The zero-order valence-electron chi connectivity index (χ0n) is 8.15. The Labute approximate surface area is 84.1 Å². The second-order valence-corrected chi connectivity index (χ2v) is 3.39. The summed E-state index contributed by atoms with van der Waals surface area (Å²) < 4.78 is 0. The summed E-state index contributed by atoms with van der Waals surface area (Å²) in [7, 11) is 0. The Hall–Kier alpha value is -1.35. The third kappa shape index (κ3) is 3.58. The summed E-state index contributed by atoms with van der Waals surface area (Å²) in [4.78, 5) is 10.6. The van der Waals surface area contributed by atoms with E-state index in [2.05, 4.69) is 12.1 Å². The standard InChI is InChI=1S/C11H16N2O/c12-10(11(13)14)8-4-7-9-5-2-1-3-6-9/h1-3,5-6,10H,4,7-8,12H2,(H2,13,14)/t10-/m0/s1. The van der Waals surface area contributed by atoms with Crippen LogP contribution < -0.4 is 11.5 Å². The molecule has 1 aromatic rings. The lowest BCUT2D eigenvalue weighted by molar-refractivity contribution is -0.119. The van der Waals surface area contributed by atoms with Gasteiger partial charge in [-0.2, -0.15) is 0 Å². The highest BCUT2D eigenvalue weighted by Crippen LogP contribution is 2.05. The molecule has 0 heterocycles. The Kier molecular flexibility index (Phi) is 4.13. The molecule has 0 spiro atoms. The van der Waals surface area contributed by atoms with Gasteiger partial charge in [0, 0.05) is 0 Å². The van der Waals surface area contributed by atoms with Gasteiger partial charge in [0.1, 0.15) is 0 Å². The summed E-state index contributed by atoms with van der Waals surface area (Å²) in [5, 5.41) is 0. The van der Waals surface area contributed by atoms with Gasteiger partial charge in [-0.25, -0.2) is 0 Å². The van der Waals surface area contributed by atoms with Crippen molar-refractivity contribution in [1.29, 1.82) is 0 Å². The van der Waals surface area contributed by atoms with Gasteiger partial charge < -0.3 is 11.5 Å². The summed E-state index contributed by atoms with van der Waals surface area (Å²) in [6.07, 6.45) is 2.50. The molecule has 0 aliphatic rings. The van der Waals surface area contributed by atoms with E-state index in [1.807, 2.05) is 18.2 Å². The number of primary amides is 1. The highest BCUT2D eigenvalue weighted by Gasteiger charge is 2.07. The molecule has 14 heavy (non-hydrogen) atoms. The Bertz CT molecular complexity index is 285. The first-order valence-corrected chi connectivity index (χ1v) is 4.79. The van der Waals surface area contributed by atoms with Gasteiger partial charge in [0.15, 0.2) is 0 Å². The SMILES string of the molecule is NC(=O)[C@@H](N)CCCc1ccccc1. The lowest BCUT2D eigenvalue weighted by Crippen LogP contribution is -2.36. The van der Waals surface area contributed by atoms with Crippen LogP contribution in [0.1, 0.15) is 18.4 Å². The van der Waals surface area contributed by atoms with E-state index in [4.69, 9.17) is 11.5 Å². The molecule has 3 heteroatoms. The molecule has 3 nitrogen and oxygen atoms in total. The number of hydrogen-bond donors (Lipinski definition) is 2. The third-order valence-electron chi connectivity index (χ3n) is 2.19. The van der Waals surface area contributed by atoms with E-state index in [0.717, 1.165) is 12.8 Å². The van der Waals surface area contributed by atoms with Gasteiger partial charge in [0.25, 0.3) is 0 Å². The second-order valence-electron chi connectivity index (χ2n) is 3.39. The Morgan fingerprint density at radius 2 is 1.93 bits per heavy atom. The first-order valence-electron chi connectivity index (χ1n) is 4.79. The van der Waals surface area contributed by atoms with E-state index >= 15 is 0 Å². The third-order valence-corrected chi connectivity index (χ3v) is 2.19. The molecule has 1 rings (SSSR count). The van der Waals surface area contributed by atoms with Crippen LogP contribution in [0.25, 0.3) is 0 Å². The van der Waals surface area contributed by atoms with Crippen LogP contribution >= 0.6 is 0 Å². The summed E-state index contributed by atoms with van der Waals surface area (Å²) in [6, 6.07) is 9.62. The van der Waals surface area contributed by atoms with Gasteiger partial charge in [-0.05, 0) is 24.8 Å². The maximum absolute atomic E-state index is 10.6. The summed E-state index contributed by atoms with van der Waals surface area (Å²) in [6.45, 7) is 0. The van der Waals surface area contributed by atoms with Crippen molar-refractivity contribution in [3.63, 3.8) is 0 Å². The van der Waals surface area contributed by atoms with Gasteiger partial charge in [0.2, 0.25) is 5.91 Å². The van der Waals surface area contributed by atoms with Gasteiger partial charge >= 0.3 is 0 Å². The number of hydrogen-bond acceptors (Lipinski definition) is 2.